The van der Waals surface area contributed by atoms with E-state index in [0.29, 0.717) is 48.4 Å². The van der Waals surface area contributed by atoms with Gasteiger partial charge in [0.25, 0.3) is 10.0 Å². The highest BCUT2D eigenvalue weighted by Crippen LogP contribution is 2.38. The van der Waals surface area contributed by atoms with E-state index in [-0.39, 0.29) is 29.7 Å². The molecule has 2 atom stereocenters. The smallest absolute Gasteiger partial charge is 0.264 e. The Bertz CT molecular complexity index is 1700. The van der Waals surface area contributed by atoms with Crippen molar-refractivity contribution in [3.8, 4) is 11.3 Å². The number of sulfonamides is 2. The Hall–Kier alpha value is -3.88. The van der Waals surface area contributed by atoms with Gasteiger partial charge >= 0.3 is 0 Å². The van der Waals surface area contributed by atoms with Gasteiger partial charge in [0.05, 0.1) is 22.5 Å². The van der Waals surface area contributed by atoms with Crippen LogP contribution in [0.25, 0.3) is 11.3 Å². The molecule has 1 saturated carbocycles. The van der Waals surface area contributed by atoms with Gasteiger partial charge in [0, 0.05) is 35.6 Å². The van der Waals surface area contributed by atoms with Gasteiger partial charge in [-0.15, -0.1) is 0 Å². The van der Waals surface area contributed by atoms with E-state index in [2.05, 4.69) is 30.0 Å². The highest BCUT2D eigenvalue weighted by atomic mass is 32.2. The molecule has 0 radical (unpaired) electrons. The Kier molecular flexibility index (Phi) is 10.1. The van der Waals surface area contributed by atoms with E-state index < -0.39 is 37.1 Å². The van der Waals surface area contributed by atoms with Gasteiger partial charge in [-0.25, -0.2) is 26.5 Å². The molecule has 43 heavy (non-hydrogen) atoms. The Morgan fingerprint density at radius 1 is 0.930 bits per heavy atom. The van der Waals surface area contributed by atoms with E-state index in [4.69, 9.17) is 0 Å². The van der Waals surface area contributed by atoms with E-state index >= 15 is 0 Å². The lowest BCUT2D eigenvalue weighted by Crippen LogP contribution is -2.33. The zero-order valence-electron chi connectivity index (χ0n) is 24.3. The topological polar surface area (TPSA) is 176 Å². The molecule has 2 unspecified atom stereocenters. The first-order valence-corrected chi connectivity index (χ1v) is 17.1. The molecule has 14 heteroatoms. The third-order valence-electron chi connectivity index (χ3n) is 6.89. The van der Waals surface area contributed by atoms with Crippen LogP contribution < -0.4 is 20.1 Å². The van der Waals surface area contributed by atoms with E-state index in [0.717, 1.165) is 5.56 Å². The van der Waals surface area contributed by atoms with Gasteiger partial charge in [-0.05, 0) is 44.4 Å². The molecule has 0 spiro atoms. The lowest BCUT2D eigenvalue weighted by atomic mass is 10.1. The number of hydrogen-bond donors (Lipinski definition) is 4. The summed E-state index contributed by atoms with van der Waals surface area (Å²) in [4.78, 5) is 33.1. The third-order valence-corrected chi connectivity index (χ3v) is 10.1. The maximum Gasteiger partial charge on any atom is 0.264 e. The van der Waals surface area contributed by atoms with Crippen LogP contribution in [0.2, 0.25) is 0 Å². The average Bonchev–Trinajstić information content (AvgIpc) is 3.78. The minimum Gasteiger partial charge on any atom is -0.356 e. The molecule has 1 aliphatic carbocycles. The fourth-order valence-corrected chi connectivity index (χ4v) is 7.18. The maximum absolute atomic E-state index is 12.8. The molecular formula is C29H36N6O6S2. The van der Waals surface area contributed by atoms with Crippen LogP contribution in [0.15, 0.2) is 59.5 Å². The van der Waals surface area contributed by atoms with E-state index in [1.165, 1.54) is 18.2 Å². The Morgan fingerprint density at radius 2 is 1.65 bits per heavy atom. The number of rotatable bonds is 15. The van der Waals surface area contributed by atoms with Crippen LogP contribution in [-0.4, -0.2) is 50.4 Å². The van der Waals surface area contributed by atoms with E-state index in [1.54, 1.807) is 19.9 Å². The highest BCUT2D eigenvalue weighted by Gasteiger charge is 2.50. The Balaban J connectivity index is 1.56. The summed E-state index contributed by atoms with van der Waals surface area (Å²) in [6, 6.07) is 15.2. The predicted molar refractivity (Wildman–Crippen MR) is 165 cm³/mol. The second-order valence-corrected chi connectivity index (χ2v) is 14.0. The summed E-state index contributed by atoms with van der Waals surface area (Å²) in [6.07, 6.45) is 1.97. The zero-order chi connectivity index (χ0) is 31.2. The van der Waals surface area contributed by atoms with Crippen molar-refractivity contribution in [1.29, 1.82) is 0 Å². The van der Waals surface area contributed by atoms with Crippen molar-refractivity contribution in [2.75, 3.05) is 17.3 Å². The molecule has 1 fully saturated rings. The molecule has 1 aliphatic rings. The van der Waals surface area contributed by atoms with Gasteiger partial charge in [-0.2, -0.15) is 9.71 Å². The molecule has 0 bridgehead atoms. The molecule has 3 aromatic rings. The van der Waals surface area contributed by atoms with Crippen LogP contribution in [-0.2, 0) is 29.6 Å². The number of nitrogens with one attached hydrogen (secondary N) is 4. The van der Waals surface area contributed by atoms with Gasteiger partial charge in [0.2, 0.25) is 21.9 Å². The van der Waals surface area contributed by atoms with Crippen molar-refractivity contribution in [2.45, 2.75) is 63.0 Å². The van der Waals surface area contributed by atoms with Crippen LogP contribution in [0, 0.1) is 12.8 Å². The normalized spacial score (nSPS) is 16.3. The van der Waals surface area contributed by atoms with Gasteiger partial charge in [-0.3, -0.25) is 9.59 Å². The predicted octanol–water partition coefficient (Wildman–Crippen LogP) is 3.85. The number of aromatic nitrogens is 2. The second-order valence-electron chi connectivity index (χ2n) is 10.3. The molecule has 1 amide bonds. The van der Waals surface area contributed by atoms with Crippen LogP contribution in [0.5, 0.6) is 0 Å². The Labute approximate surface area is 252 Å². The summed E-state index contributed by atoms with van der Waals surface area (Å²) in [5, 5.41) is 5.31. The lowest BCUT2D eigenvalue weighted by molar-refractivity contribution is -0.120. The van der Waals surface area contributed by atoms with Crippen molar-refractivity contribution in [3.05, 3.63) is 60.2 Å². The quantitative estimate of drug-likeness (QED) is 0.181. The van der Waals surface area contributed by atoms with Gasteiger partial charge in [0.15, 0.2) is 0 Å². The maximum atomic E-state index is 12.8. The van der Waals surface area contributed by atoms with Gasteiger partial charge in [-0.1, -0.05) is 50.2 Å². The number of hydrogen-bond acceptors (Lipinski definition) is 10. The van der Waals surface area contributed by atoms with Crippen LogP contribution in [0.4, 0.5) is 17.5 Å². The summed E-state index contributed by atoms with van der Waals surface area (Å²) in [5.74, 6) is -0.596. The highest BCUT2D eigenvalue weighted by molar-refractivity contribution is 7.90. The summed E-state index contributed by atoms with van der Waals surface area (Å²) in [6.45, 7) is 5.30. The molecule has 4 rings (SSSR count). The first-order chi connectivity index (χ1) is 20.4. The summed E-state index contributed by atoms with van der Waals surface area (Å²) in [5.41, 5.74) is 2.39. The number of nitrogens with zero attached hydrogens (tertiary/aromatic N) is 2. The van der Waals surface area contributed by atoms with Gasteiger partial charge in [0.1, 0.15) is 11.6 Å². The third kappa shape index (κ3) is 8.15. The molecule has 1 heterocycles. The number of carbonyl (C=O) groups excluding carboxylic acids is 2. The van der Waals surface area contributed by atoms with E-state index in [9.17, 15) is 26.4 Å². The Morgan fingerprint density at radius 3 is 2.35 bits per heavy atom. The van der Waals surface area contributed by atoms with Crippen LogP contribution in [0.1, 0.15) is 51.5 Å². The summed E-state index contributed by atoms with van der Waals surface area (Å²) in [7, 11) is -7.80. The molecule has 0 saturated heterocycles. The molecule has 2 aromatic carbocycles. The van der Waals surface area contributed by atoms with Crippen molar-refractivity contribution in [2.24, 2.45) is 5.92 Å². The number of benzene rings is 2. The number of ketones is 1. The average molecular weight is 629 g/mol. The minimum absolute atomic E-state index is 0.0269. The molecule has 4 N–H and O–H groups in total. The van der Waals surface area contributed by atoms with Crippen molar-refractivity contribution in [3.63, 3.8) is 0 Å². The first-order valence-electron chi connectivity index (χ1n) is 14.1. The van der Waals surface area contributed by atoms with Crippen LogP contribution in [0.3, 0.4) is 0 Å². The molecular weight excluding hydrogens is 592 g/mol. The number of anilines is 3. The zero-order valence-corrected chi connectivity index (χ0v) is 25.9. The number of amides is 1. The summed E-state index contributed by atoms with van der Waals surface area (Å²) >= 11 is 0. The fourth-order valence-electron chi connectivity index (χ4n) is 4.59. The second kappa shape index (κ2) is 13.6. The monoisotopic (exact) mass is 628 g/mol. The van der Waals surface area contributed by atoms with Crippen molar-refractivity contribution < 1.29 is 26.4 Å². The largest absolute Gasteiger partial charge is 0.356 e. The standard InChI is InChI=1S/C29H36N6O6S2/c1-4-10-24(36)23-17-25(23)43(40,41)31-18-30-28-19(3)27(20-12-7-6-8-13-20)33-29(34-28)32-21-14-9-15-22(16-21)42(38,39)35-26(37)11-5-2/h6-9,12-16,23,25,31H,4-5,10-11,17-18H2,1-3H3,(H,35,37)(H2,30,32,33,34). The lowest BCUT2D eigenvalue weighted by Gasteiger charge is -2.16. The SMILES string of the molecule is CCCC(=O)NS(=O)(=O)c1cccc(Nc2nc(NCNS(=O)(=O)C3CC3C(=O)CCC)c(C)c(-c3ccccc3)n2)c1. The molecule has 0 aliphatic heterocycles. The number of Topliss-reactive ketones (excluding diaryl/α,β-unsaturated/α-hetero) is 1. The molecule has 230 valence electrons. The molecule has 12 nitrogen and oxygen atoms in total. The number of carbonyl (C=O) groups is 2. The van der Waals surface area contributed by atoms with Crippen LogP contribution >= 0.6 is 0 Å². The molecule has 1 aromatic heterocycles. The van der Waals surface area contributed by atoms with Crippen molar-refractivity contribution >= 4 is 49.2 Å². The fraction of sp³-hybridized carbons (Fsp3) is 0.379. The minimum atomic E-state index is -4.08. The van der Waals surface area contributed by atoms with Crippen molar-refractivity contribution in [1.82, 2.24) is 19.4 Å². The summed E-state index contributed by atoms with van der Waals surface area (Å²) < 4.78 is 55.6. The van der Waals surface area contributed by atoms with Gasteiger partial charge < -0.3 is 10.6 Å². The van der Waals surface area contributed by atoms with E-state index in [1.807, 2.05) is 37.3 Å². The first kappa shape index (κ1) is 32.0.